The van der Waals surface area contributed by atoms with E-state index in [0.29, 0.717) is 6.61 Å². The van der Waals surface area contributed by atoms with E-state index in [4.69, 9.17) is 4.74 Å². The second-order valence-electron chi connectivity index (χ2n) is 6.74. The Balaban J connectivity index is 1.46. The fourth-order valence-corrected chi connectivity index (χ4v) is 3.02. The summed E-state index contributed by atoms with van der Waals surface area (Å²) in [6, 6.07) is 26.2. The van der Waals surface area contributed by atoms with Gasteiger partial charge in [-0.3, -0.25) is 0 Å². The summed E-state index contributed by atoms with van der Waals surface area (Å²) in [7, 11) is 0. The van der Waals surface area contributed by atoms with Crippen molar-refractivity contribution in [2.75, 3.05) is 6.61 Å². The Morgan fingerprint density at radius 1 is 0.600 bits per heavy atom. The van der Waals surface area contributed by atoms with Crippen molar-refractivity contribution in [3.05, 3.63) is 113 Å². The Bertz CT molecular complexity index is 1290. The Morgan fingerprint density at radius 2 is 1.07 bits per heavy atom. The number of hydrogen-bond acceptors (Lipinski definition) is 1. The molecule has 2 heteroatoms. The van der Waals surface area contributed by atoms with Gasteiger partial charge in [0.2, 0.25) is 0 Å². The molecule has 0 saturated heterocycles. The minimum absolute atomic E-state index is 0.230. The highest BCUT2D eigenvalue weighted by molar-refractivity contribution is 5.84. The molecule has 30 heavy (non-hydrogen) atoms. The van der Waals surface area contributed by atoms with Crippen LogP contribution in [0.2, 0.25) is 0 Å². The van der Waals surface area contributed by atoms with Crippen molar-refractivity contribution in [2.24, 2.45) is 0 Å². The Labute approximate surface area is 176 Å². The summed E-state index contributed by atoms with van der Waals surface area (Å²) in [5.41, 5.74) is 3.69. The number of hydrogen-bond donors (Lipinski definition) is 0. The molecule has 4 rings (SSSR count). The highest BCUT2D eigenvalue weighted by Gasteiger charge is 1.97. The molecule has 0 saturated carbocycles. The molecule has 0 aromatic heterocycles. The van der Waals surface area contributed by atoms with Crippen molar-refractivity contribution in [3.8, 4) is 29.4 Å². The number of fused-ring (bicyclic) bond motifs is 1. The lowest BCUT2D eigenvalue weighted by Gasteiger charge is -2.01. The van der Waals surface area contributed by atoms with E-state index in [1.165, 1.54) is 12.1 Å². The Hall–Kier alpha value is -4.01. The molecular weight excluding hydrogens is 371 g/mol. The van der Waals surface area contributed by atoms with Gasteiger partial charge in [-0.15, -0.1) is 0 Å². The second-order valence-corrected chi connectivity index (χ2v) is 6.74. The minimum atomic E-state index is -0.230. The van der Waals surface area contributed by atoms with Gasteiger partial charge in [-0.05, 0) is 90.5 Å². The van der Waals surface area contributed by atoms with Gasteiger partial charge in [0.05, 0.1) is 6.61 Å². The molecule has 0 aliphatic carbocycles. The topological polar surface area (TPSA) is 9.23 Å². The molecule has 0 unspecified atom stereocenters. The quantitative estimate of drug-likeness (QED) is 0.372. The summed E-state index contributed by atoms with van der Waals surface area (Å²) in [4.78, 5) is 0. The minimum Gasteiger partial charge on any atom is -0.494 e. The van der Waals surface area contributed by atoms with Gasteiger partial charge in [0.15, 0.2) is 0 Å². The van der Waals surface area contributed by atoms with Crippen LogP contribution in [-0.4, -0.2) is 6.61 Å². The van der Waals surface area contributed by atoms with Crippen LogP contribution in [0.25, 0.3) is 10.8 Å². The van der Waals surface area contributed by atoms with E-state index in [1.54, 1.807) is 6.07 Å². The van der Waals surface area contributed by atoms with Gasteiger partial charge in [0.25, 0.3) is 0 Å². The molecule has 144 valence electrons. The SMILES string of the molecule is CCOc1ccc(C#Cc2ccc(C#Cc3ccc4cc(F)ccc4c3)cc2)cc1. The third-order valence-electron chi connectivity index (χ3n) is 4.55. The number of halogens is 1. The van der Waals surface area contributed by atoms with Gasteiger partial charge in [-0.25, -0.2) is 4.39 Å². The van der Waals surface area contributed by atoms with Crippen LogP contribution >= 0.6 is 0 Å². The molecule has 0 aliphatic rings. The largest absolute Gasteiger partial charge is 0.494 e. The fraction of sp³-hybridized carbons (Fsp3) is 0.0714. The molecule has 0 fully saturated rings. The first-order valence-corrected chi connectivity index (χ1v) is 9.76. The molecular formula is C28H19FO. The van der Waals surface area contributed by atoms with Crippen LogP contribution in [0, 0.1) is 29.5 Å². The lowest BCUT2D eigenvalue weighted by molar-refractivity contribution is 0.340. The normalized spacial score (nSPS) is 9.93. The Morgan fingerprint density at radius 3 is 1.67 bits per heavy atom. The van der Waals surface area contributed by atoms with Gasteiger partial charge < -0.3 is 4.74 Å². The smallest absolute Gasteiger partial charge is 0.123 e. The lowest BCUT2D eigenvalue weighted by atomic mass is 10.1. The molecule has 0 heterocycles. The molecule has 0 radical (unpaired) electrons. The molecule has 0 atom stereocenters. The third-order valence-corrected chi connectivity index (χ3v) is 4.55. The van der Waals surface area contributed by atoms with Gasteiger partial charge in [0.1, 0.15) is 11.6 Å². The van der Waals surface area contributed by atoms with Crippen molar-refractivity contribution in [1.82, 2.24) is 0 Å². The van der Waals surface area contributed by atoms with Crippen molar-refractivity contribution < 1.29 is 9.13 Å². The zero-order valence-corrected chi connectivity index (χ0v) is 16.6. The summed E-state index contributed by atoms with van der Waals surface area (Å²) >= 11 is 0. The number of rotatable bonds is 2. The summed E-state index contributed by atoms with van der Waals surface area (Å²) in [6.07, 6.45) is 0. The summed E-state index contributed by atoms with van der Waals surface area (Å²) < 4.78 is 18.7. The van der Waals surface area contributed by atoms with Crippen molar-refractivity contribution in [2.45, 2.75) is 6.92 Å². The Kier molecular flexibility index (Phi) is 5.79. The predicted octanol–water partition coefficient (Wildman–Crippen LogP) is 6.18. The molecule has 0 amide bonds. The molecule has 0 aliphatic heterocycles. The van der Waals surface area contributed by atoms with Crippen LogP contribution < -0.4 is 4.74 Å². The number of benzene rings is 4. The molecule has 0 N–H and O–H groups in total. The zero-order chi connectivity index (χ0) is 20.8. The van der Waals surface area contributed by atoms with Crippen LogP contribution in [0.1, 0.15) is 29.2 Å². The molecule has 4 aromatic carbocycles. The highest BCUT2D eigenvalue weighted by atomic mass is 19.1. The molecule has 0 spiro atoms. The van der Waals surface area contributed by atoms with Crippen molar-refractivity contribution in [1.29, 1.82) is 0 Å². The van der Waals surface area contributed by atoms with Crippen LogP contribution in [0.15, 0.2) is 84.9 Å². The van der Waals surface area contributed by atoms with E-state index in [2.05, 4.69) is 23.7 Å². The maximum absolute atomic E-state index is 13.3. The van der Waals surface area contributed by atoms with Crippen molar-refractivity contribution in [3.63, 3.8) is 0 Å². The third kappa shape index (κ3) is 4.88. The van der Waals surface area contributed by atoms with E-state index in [1.807, 2.05) is 73.7 Å². The van der Waals surface area contributed by atoms with Crippen LogP contribution in [0.3, 0.4) is 0 Å². The standard InChI is InChI=1S/C28H19FO/c1-2-30-28-17-12-23(13-18-28)8-7-21-3-5-22(6-4-21)9-10-24-11-14-26-20-27(29)16-15-25(26)19-24/h3-6,11-20H,2H2,1H3. The molecule has 1 nitrogen and oxygen atoms in total. The van der Waals surface area contributed by atoms with E-state index in [-0.39, 0.29) is 5.82 Å². The average molecular weight is 390 g/mol. The first-order chi connectivity index (χ1) is 14.7. The first-order valence-electron chi connectivity index (χ1n) is 9.76. The fourth-order valence-electron chi connectivity index (χ4n) is 3.02. The molecule has 0 bridgehead atoms. The lowest BCUT2D eigenvalue weighted by Crippen LogP contribution is -1.90. The highest BCUT2D eigenvalue weighted by Crippen LogP contribution is 2.17. The van der Waals surface area contributed by atoms with Gasteiger partial charge in [-0.1, -0.05) is 35.8 Å². The average Bonchev–Trinajstić information content (AvgIpc) is 2.78. The zero-order valence-electron chi connectivity index (χ0n) is 16.6. The maximum atomic E-state index is 13.3. The van der Waals surface area contributed by atoms with E-state index in [9.17, 15) is 4.39 Å². The van der Waals surface area contributed by atoms with Crippen LogP contribution in [0.4, 0.5) is 4.39 Å². The van der Waals surface area contributed by atoms with Crippen LogP contribution in [-0.2, 0) is 0 Å². The van der Waals surface area contributed by atoms with Crippen molar-refractivity contribution >= 4 is 10.8 Å². The first kappa shape index (κ1) is 19.3. The van der Waals surface area contributed by atoms with Crippen LogP contribution in [0.5, 0.6) is 5.75 Å². The van der Waals surface area contributed by atoms with Gasteiger partial charge in [0, 0.05) is 22.3 Å². The summed E-state index contributed by atoms with van der Waals surface area (Å²) in [6.45, 7) is 2.62. The van der Waals surface area contributed by atoms with E-state index in [0.717, 1.165) is 38.8 Å². The van der Waals surface area contributed by atoms with E-state index >= 15 is 0 Å². The number of ether oxygens (including phenoxy) is 1. The van der Waals surface area contributed by atoms with E-state index < -0.39 is 0 Å². The summed E-state index contributed by atoms with van der Waals surface area (Å²) in [5, 5.41) is 1.85. The van der Waals surface area contributed by atoms with Gasteiger partial charge >= 0.3 is 0 Å². The predicted molar refractivity (Wildman–Crippen MR) is 120 cm³/mol. The monoisotopic (exact) mass is 390 g/mol. The summed E-state index contributed by atoms with van der Waals surface area (Å²) in [5.74, 6) is 13.3. The second kappa shape index (κ2) is 8.99. The molecule has 4 aromatic rings. The maximum Gasteiger partial charge on any atom is 0.123 e. The van der Waals surface area contributed by atoms with Gasteiger partial charge in [-0.2, -0.15) is 0 Å².